The third-order valence-corrected chi connectivity index (χ3v) is 26.3. The van der Waals surface area contributed by atoms with Crippen LogP contribution in [0, 0.1) is 217 Å². The smallest absolute Gasteiger partial charge is 0.358 e. The first kappa shape index (κ1) is 67.0. The molecule has 314 valence electrons. The van der Waals surface area contributed by atoms with E-state index in [9.17, 15) is 0 Å². The second-order valence-electron chi connectivity index (χ2n) is 23.6. The van der Waals surface area contributed by atoms with E-state index in [2.05, 4.69) is 234 Å². The molecular weight excluding hydrogens is 1080 g/mol. The molecule has 0 unspecified atom stereocenters. The maximum Gasteiger partial charge on any atom is 3.00 e. The molecule has 0 amide bonds. The molecule has 22 radical (unpaired) electrons. The molecule has 0 atom stereocenters. The number of hydrogen-bond acceptors (Lipinski definition) is 0. The van der Waals surface area contributed by atoms with Crippen LogP contribution in [0.4, 0.5) is 0 Å². The maximum atomic E-state index is 2.46. The molecule has 0 N–H and O–H groups in total. The van der Waals surface area contributed by atoms with Gasteiger partial charge in [-0.05, 0) is 121 Å². The van der Waals surface area contributed by atoms with Gasteiger partial charge in [0.05, 0.1) is 64.6 Å². The fourth-order valence-electron chi connectivity index (χ4n) is 5.51. The van der Waals surface area contributed by atoms with Crippen LogP contribution in [0.1, 0.15) is 0 Å². The van der Waals surface area contributed by atoms with Crippen LogP contribution in [0.2, 0.25) is 157 Å². The molecule has 0 nitrogen and oxygen atoms in total. The molecule has 0 aromatic carbocycles. The minimum absolute atomic E-state index is 0. The second-order valence-corrected chi connectivity index (χ2v) is 64.2. The second kappa shape index (κ2) is 25.9. The van der Waals surface area contributed by atoms with Crippen molar-refractivity contribution in [3.63, 3.8) is 0 Å². The van der Waals surface area contributed by atoms with Gasteiger partial charge in [0.1, 0.15) is 0 Å². The summed E-state index contributed by atoms with van der Waals surface area (Å²) in [6.07, 6.45) is 28.6. The topological polar surface area (TPSA) is 0 Å². The van der Waals surface area contributed by atoms with Gasteiger partial charge in [-0.25, -0.2) is 0 Å². The van der Waals surface area contributed by atoms with Crippen LogP contribution in [0.3, 0.4) is 0 Å². The van der Waals surface area contributed by atoms with E-state index in [0.29, 0.717) is 0 Å². The minimum Gasteiger partial charge on any atom is -0.358 e. The first-order valence-electron chi connectivity index (χ1n) is 20.0. The molecule has 0 aromatic heterocycles. The summed E-state index contributed by atoms with van der Waals surface area (Å²) in [5.74, 6) is 0. The quantitative estimate of drug-likeness (QED) is 0.168. The van der Waals surface area contributed by atoms with E-state index in [1.54, 1.807) is 44.3 Å². The Bertz CT molecular complexity index is 795. The van der Waals surface area contributed by atoms with E-state index in [0.717, 1.165) is 0 Å². The molecule has 4 saturated carbocycles. The van der Waals surface area contributed by atoms with Crippen molar-refractivity contribution in [3.05, 3.63) is 136 Å². The van der Waals surface area contributed by atoms with Crippen molar-refractivity contribution in [2.75, 3.05) is 0 Å². The molecule has 0 bridgehead atoms. The Morgan fingerprint density at radius 2 is 0.268 bits per heavy atom. The van der Waals surface area contributed by atoms with Crippen molar-refractivity contribution in [3.8, 4) is 0 Å². The third-order valence-electron chi connectivity index (χ3n) is 9.94. The van der Waals surface area contributed by atoms with Gasteiger partial charge in [0.2, 0.25) is 0 Å². The summed E-state index contributed by atoms with van der Waals surface area (Å²) in [7, 11) is -8.55. The largest absolute Gasteiger partial charge is 3.00 e. The Balaban J connectivity index is -0.000000314. The monoisotopic (exact) mass is 1170 g/mol. The van der Waals surface area contributed by atoms with Crippen LogP contribution < -0.4 is 0 Å². The van der Waals surface area contributed by atoms with Crippen LogP contribution in [0.5, 0.6) is 0 Å². The molecule has 10 heteroatoms. The first-order chi connectivity index (χ1) is 22.8. The molecule has 0 heterocycles. The van der Waals surface area contributed by atoms with Crippen molar-refractivity contribution < 1.29 is 80.8 Å². The van der Waals surface area contributed by atoms with Crippen molar-refractivity contribution >= 4 is 64.6 Å². The summed E-state index contributed by atoms with van der Waals surface area (Å²) in [6, 6.07) is 0. The summed E-state index contributed by atoms with van der Waals surface area (Å²) < 4.78 is 0. The molecule has 0 aromatic rings. The summed E-state index contributed by atoms with van der Waals surface area (Å²) in [4.78, 5) is 0. The molecule has 4 aliphatic carbocycles. The van der Waals surface area contributed by atoms with Crippen LogP contribution in [0.15, 0.2) is 0 Å². The van der Waals surface area contributed by atoms with Crippen LogP contribution in [0.25, 0.3) is 0 Å². The molecule has 0 saturated heterocycles. The fourth-order valence-corrected chi connectivity index (χ4v) is 15.5. The van der Waals surface area contributed by atoms with Gasteiger partial charge >= 0.3 is 80.8 Å². The summed E-state index contributed by atoms with van der Waals surface area (Å²) in [6.45, 7) is 57.9. The Morgan fingerprint density at radius 1 is 0.196 bits per heavy atom. The summed E-state index contributed by atoms with van der Waals surface area (Å²) >= 11 is 0. The van der Waals surface area contributed by atoms with Gasteiger partial charge in [-0.3, -0.25) is 0 Å². The van der Waals surface area contributed by atoms with Gasteiger partial charge in [-0.15, -0.1) is 0 Å². The SMILES string of the molecule is C[Si](C)(C)[C]1[CH][CH][C]([Si](C)(C)C)[CH]1.C[Si](C)(C)[C]1[CH][CH][C]([Si](C)(C)C)[CH]1.C[Si](C)(C)[C]1[CH][CH][C]([Si](C)(C)C)[CH]1.C[Si](C)(C)[C]1[CH][CH][C]([Si](C)(C)C)[CH]1.[CH3-].[CH3-].[Sm+3].[Sm+3]. The van der Waals surface area contributed by atoms with E-state index < -0.39 is 64.6 Å². The zero-order valence-corrected chi connectivity index (χ0v) is 55.0. The van der Waals surface area contributed by atoms with Crippen molar-refractivity contribution in [2.24, 2.45) is 0 Å². The zero-order valence-electron chi connectivity index (χ0n) is 41.7. The predicted molar refractivity (Wildman–Crippen MR) is 277 cm³/mol. The van der Waals surface area contributed by atoms with Crippen LogP contribution in [-0.2, 0) is 0 Å². The normalized spacial score (nSPS) is 21.0. The molecule has 4 rings (SSSR count). The van der Waals surface area contributed by atoms with Gasteiger partial charge < -0.3 is 14.9 Å². The number of hydrogen-bond donors (Lipinski definition) is 0. The van der Waals surface area contributed by atoms with Crippen molar-refractivity contribution in [1.82, 2.24) is 0 Å². The Hall–Kier alpha value is 4.41. The minimum atomic E-state index is -1.07. The van der Waals surface area contributed by atoms with E-state index in [1.165, 1.54) is 0 Å². The molecule has 0 spiro atoms. The summed E-state index contributed by atoms with van der Waals surface area (Å²) in [5, 5.41) is 0. The van der Waals surface area contributed by atoms with Crippen molar-refractivity contribution in [2.45, 2.75) is 157 Å². The zero-order chi connectivity index (χ0) is 41.1. The first-order valence-corrected chi connectivity index (χ1v) is 48.0. The van der Waals surface area contributed by atoms with Gasteiger partial charge in [-0.2, -0.15) is 0 Å². The Labute approximate surface area is 432 Å². The summed E-state index contributed by atoms with van der Waals surface area (Å²) in [5.41, 5.74) is 12.9. The molecule has 4 aliphatic rings. The van der Waals surface area contributed by atoms with E-state index in [1.807, 2.05) is 0 Å². The molecule has 56 heavy (non-hydrogen) atoms. The van der Waals surface area contributed by atoms with Gasteiger partial charge in [0, 0.05) is 0 Å². The van der Waals surface area contributed by atoms with E-state index >= 15 is 0 Å². The van der Waals surface area contributed by atoms with Gasteiger partial charge in [0.15, 0.2) is 0 Å². The Morgan fingerprint density at radius 3 is 0.304 bits per heavy atom. The fraction of sp³-hybridized carbons (Fsp3) is 0.522. The Kier molecular flexibility index (Phi) is 31.0. The van der Waals surface area contributed by atoms with Crippen LogP contribution >= 0.6 is 0 Å². The van der Waals surface area contributed by atoms with Gasteiger partial charge in [0.25, 0.3) is 0 Å². The molecule has 0 aliphatic heterocycles. The van der Waals surface area contributed by atoms with E-state index in [4.69, 9.17) is 0 Å². The third kappa shape index (κ3) is 24.6. The average molecular weight is 1170 g/mol. The van der Waals surface area contributed by atoms with Crippen molar-refractivity contribution in [1.29, 1.82) is 0 Å². The van der Waals surface area contributed by atoms with Gasteiger partial charge in [-0.1, -0.05) is 157 Å². The van der Waals surface area contributed by atoms with Crippen LogP contribution in [-0.4, -0.2) is 64.6 Å². The standard InChI is InChI=1S/4C11H21Si2.2CH3.2Sm/c4*1-12(2,3)10-7-8-11(9-10)13(4,5)6;;;;/h4*7-9H,1-6H3;2*1H3;;/q;;;;2*-1;2*+3. The average Bonchev–Trinajstić information content (AvgIpc) is 3.72. The molecular formula is C46H90Si8Sm2+4. The maximum absolute atomic E-state index is 2.46. The molecule has 4 fully saturated rings. The number of rotatable bonds is 8. The van der Waals surface area contributed by atoms with E-state index in [-0.39, 0.29) is 95.6 Å². The predicted octanol–water partition coefficient (Wildman–Crippen LogP) is 15.0.